The Morgan fingerprint density at radius 1 is 1.35 bits per heavy atom. The molecular weight excluding hydrogens is 272 g/mol. The maximum Gasteiger partial charge on any atom is 0.223 e. The number of hydrogen-bond acceptors (Lipinski definition) is 2. The molecule has 0 saturated carbocycles. The van der Waals surface area contributed by atoms with E-state index >= 15 is 0 Å². The number of halogens is 1. The van der Waals surface area contributed by atoms with E-state index in [1.54, 1.807) is 0 Å². The Morgan fingerprint density at radius 3 is 2.55 bits per heavy atom. The van der Waals surface area contributed by atoms with Gasteiger partial charge in [0.1, 0.15) is 0 Å². The summed E-state index contributed by atoms with van der Waals surface area (Å²) in [4.78, 5) is 14.2. The van der Waals surface area contributed by atoms with Gasteiger partial charge < -0.3 is 10.6 Å². The van der Waals surface area contributed by atoms with Gasteiger partial charge in [-0.1, -0.05) is 29.8 Å². The summed E-state index contributed by atoms with van der Waals surface area (Å²) in [5.74, 6) is 0.752. The predicted molar refractivity (Wildman–Crippen MR) is 85.1 cm³/mol. The van der Waals surface area contributed by atoms with Crippen molar-refractivity contribution in [2.45, 2.75) is 39.2 Å². The van der Waals surface area contributed by atoms with Crippen LogP contribution in [0.15, 0.2) is 24.3 Å². The highest BCUT2D eigenvalue weighted by Gasteiger charge is 2.30. The second-order valence-corrected chi connectivity index (χ2v) is 5.72. The van der Waals surface area contributed by atoms with Gasteiger partial charge in [0.25, 0.3) is 0 Å². The molecule has 1 aromatic carbocycles. The van der Waals surface area contributed by atoms with Crippen LogP contribution in [0.25, 0.3) is 0 Å². The molecular formula is C16H25ClN2O. The third-order valence-electron chi connectivity index (χ3n) is 4.06. The average Bonchev–Trinajstić information content (AvgIpc) is 2.79. The lowest BCUT2D eigenvalue weighted by Crippen LogP contribution is -2.34. The summed E-state index contributed by atoms with van der Waals surface area (Å²) in [5, 5.41) is 0. The molecule has 0 aromatic heterocycles. The predicted octanol–water partition coefficient (Wildman–Crippen LogP) is 2.55. The second-order valence-electron chi connectivity index (χ2n) is 5.72. The van der Waals surface area contributed by atoms with Crippen molar-refractivity contribution in [3.63, 3.8) is 0 Å². The van der Waals surface area contributed by atoms with Crippen LogP contribution >= 0.6 is 12.4 Å². The van der Waals surface area contributed by atoms with E-state index < -0.39 is 0 Å². The Hall–Kier alpha value is -1.06. The van der Waals surface area contributed by atoms with Gasteiger partial charge in [-0.2, -0.15) is 0 Å². The van der Waals surface area contributed by atoms with Crippen LogP contribution in [-0.4, -0.2) is 29.9 Å². The molecule has 112 valence electrons. The average molecular weight is 297 g/mol. The highest BCUT2D eigenvalue weighted by atomic mass is 35.5. The molecule has 1 heterocycles. The number of likely N-dealkylation sites (tertiary alicyclic amines) is 1. The first-order valence-corrected chi connectivity index (χ1v) is 7.15. The van der Waals surface area contributed by atoms with E-state index in [-0.39, 0.29) is 18.3 Å². The quantitative estimate of drug-likeness (QED) is 0.928. The number of nitrogens with two attached hydrogens (primary N) is 1. The maximum atomic E-state index is 12.2. The first kappa shape index (κ1) is 17.0. The van der Waals surface area contributed by atoms with E-state index in [2.05, 4.69) is 38.1 Å². The fraction of sp³-hybridized carbons (Fsp3) is 0.562. The fourth-order valence-corrected chi connectivity index (χ4v) is 2.81. The first-order valence-electron chi connectivity index (χ1n) is 7.15. The van der Waals surface area contributed by atoms with E-state index in [0.29, 0.717) is 24.9 Å². The molecule has 4 heteroatoms. The number of carbonyl (C=O) groups excluding carboxylic acids is 1. The molecule has 1 saturated heterocycles. The Kier molecular flexibility index (Phi) is 6.50. The van der Waals surface area contributed by atoms with Crippen LogP contribution < -0.4 is 5.73 Å². The van der Waals surface area contributed by atoms with E-state index in [1.807, 2.05) is 4.90 Å². The molecule has 20 heavy (non-hydrogen) atoms. The van der Waals surface area contributed by atoms with Crippen LogP contribution in [0.4, 0.5) is 0 Å². The molecule has 0 spiro atoms. The van der Waals surface area contributed by atoms with Crippen molar-refractivity contribution in [2.24, 2.45) is 11.7 Å². The van der Waals surface area contributed by atoms with Crippen molar-refractivity contribution in [3.8, 4) is 0 Å². The van der Waals surface area contributed by atoms with E-state index in [0.717, 1.165) is 19.4 Å². The lowest BCUT2D eigenvalue weighted by atomic mass is 10.1. The van der Waals surface area contributed by atoms with Gasteiger partial charge in [0.15, 0.2) is 0 Å². The molecule has 2 rings (SSSR count). The fourth-order valence-electron chi connectivity index (χ4n) is 2.81. The number of amides is 1. The zero-order chi connectivity index (χ0) is 13.8. The summed E-state index contributed by atoms with van der Waals surface area (Å²) in [7, 11) is 0. The second kappa shape index (κ2) is 7.65. The minimum Gasteiger partial charge on any atom is -0.340 e. The largest absolute Gasteiger partial charge is 0.340 e. The van der Waals surface area contributed by atoms with Crippen molar-refractivity contribution >= 4 is 18.3 Å². The lowest BCUT2D eigenvalue weighted by molar-refractivity contribution is -0.131. The standard InChI is InChI=1S/C16H24N2O.ClH/c1-12-3-5-14(6-4-12)7-8-16(19)18-11-15(10-17)9-13(18)2;/h3-6,13,15H,7-11,17H2,1-2H3;1H. The molecule has 1 aliphatic rings. The number of rotatable bonds is 4. The summed E-state index contributed by atoms with van der Waals surface area (Å²) in [6.45, 7) is 5.73. The Bertz CT molecular complexity index is 433. The van der Waals surface area contributed by atoms with Crippen molar-refractivity contribution in [2.75, 3.05) is 13.1 Å². The zero-order valence-corrected chi connectivity index (χ0v) is 13.2. The summed E-state index contributed by atoms with van der Waals surface area (Å²) in [5.41, 5.74) is 8.20. The SMILES string of the molecule is Cc1ccc(CCC(=O)N2CC(CN)CC2C)cc1.Cl. The normalized spacial score (nSPS) is 21.6. The minimum absolute atomic E-state index is 0. The van der Waals surface area contributed by atoms with E-state index in [4.69, 9.17) is 5.73 Å². The third-order valence-corrected chi connectivity index (χ3v) is 4.06. The number of carbonyl (C=O) groups is 1. The van der Waals surface area contributed by atoms with Gasteiger partial charge in [-0.15, -0.1) is 12.4 Å². The van der Waals surface area contributed by atoms with Gasteiger partial charge in [-0.25, -0.2) is 0 Å². The summed E-state index contributed by atoms with van der Waals surface area (Å²) in [6, 6.07) is 8.77. The van der Waals surface area contributed by atoms with Crippen LogP contribution in [0, 0.1) is 12.8 Å². The van der Waals surface area contributed by atoms with Crippen LogP contribution in [0.3, 0.4) is 0 Å². The zero-order valence-electron chi connectivity index (χ0n) is 12.3. The monoisotopic (exact) mass is 296 g/mol. The molecule has 0 radical (unpaired) electrons. The highest BCUT2D eigenvalue weighted by molar-refractivity contribution is 5.85. The van der Waals surface area contributed by atoms with Gasteiger partial charge in [0.2, 0.25) is 5.91 Å². The number of nitrogens with zero attached hydrogens (tertiary/aromatic N) is 1. The summed E-state index contributed by atoms with van der Waals surface area (Å²) in [6.07, 6.45) is 2.48. The van der Waals surface area contributed by atoms with Gasteiger partial charge in [0.05, 0.1) is 0 Å². The van der Waals surface area contributed by atoms with Crippen molar-refractivity contribution in [3.05, 3.63) is 35.4 Å². The van der Waals surface area contributed by atoms with Gasteiger partial charge >= 0.3 is 0 Å². The molecule has 2 N–H and O–H groups in total. The lowest BCUT2D eigenvalue weighted by Gasteiger charge is -2.21. The van der Waals surface area contributed by atoms with Crippen molar-refractivity contribution < 1.29 is 4.79 Å². The molecule has 2 atom stereocenters. The smallest absolute Gasteiger partial charge is 0.223 e. The Balaban J connectivity index is 0.00000200. The van der Waals surface area contributed by atoms with E-state index in [1.165, 1.54) is 11.1 Å². The summed E-state index contributed by atoms with van der Waals surface area (Å²) >= 11 is 0. The maximum absolute atomic E-state index is 12.2. The molecule has 1 aliphatic heterocycles. The van der Waals surface area contributed by atoms with Crippen molar-refractivity contribution in [1.82, 2.24) is 4.90 Å². The van der Waals surface area contributed by atoms with Crippen LogP contribution in [0.1, 0.15) is 30.9 Å². The van der Waals surface area contributed by atoms with Crippen molar-refractivity contribution in [1.29, 1.82) is 0 Å². The molecule has 1 aromatic rings. The molecule has 0 aliphatic carbocycles. The van der Waals surface area contributed by atoms with Gasteiger partial charge in [0, 0.05) is 19.0 Å². The summed E-state index contributed by atoms with van der Waals surface area (Å²) < 4.78 is 0. The van der Waals surface area contributed by atoms with Crippen LogP contribution in [0.2, 0.25) is 0 Å². The molecule has 2 unspecified atom stereocenters. The molecule has 3 nitrogen and oxygen atoms in total. The van der Waals surface area contributed by atoms with E-state index in [9.17, 15) is 4.79 Å². The number of aryl methyl sites for hydroxylation is 2. The Labute approximate surface area is 127 Å². The van der Waals surface area contributed by atoms with Gasteiger partial charge in [-0.05, 0) is 44.7 Å². The number of benzene rings is 1. The minimum atomic E-state index is 0. The molecule has 1 fully saturated rings. The van der Waals surface area contributed by atoms with Crippen LogP contribution in [0.5, 0.6) is 0 Å². The Morgan fingerprint density at radius 2 is 2.00 bits per heavy atom. The first-order chi connectivity index (χ1) is 9.10. The topological polar surface area (TPSA) is 46.3 Å². The molecule has 1 amide bonds. The molecule has 0 bridgehead atoms. The highest BCUT2D eigenvalue weighted by Crippen LogP contribution is 2.23. The van der Waals surface area contributed by atoms with Gasteiger partial charge in [-0.3, -0.25) is 4.79 Å². The number of hydrogen-bond donors (Lipinski definition) is 1. The van der Waals surface area contributed by atoms with Crippen LogP contribution in [-0.2, 0) is 11.2 Å². The third kappa shape index (κ3) is 4.22.